The number of halogens is 1. The van der Waals surface area contributed by atoms with Gasteiger partial charge in [0.05, 0.1) is 18.4 Å². The molecule has 9 heteroatoms. The Bertz CT molecular complexity index is 1150. The van der Waals surface area contributed by atoms with Crippen LogP contribution >= 0.6 is 11.6 Å². The number of nitrogens with one attached hydrogen (secondary N) is 2. The monoisotopic (exact) mass is 435 g/mol. The molecule has 4 aromatic rings. The second kappa shape index (κ2) is 9.73. The van der Waals surface area contributed by atoms with Gasteiger partial charge in [-0.25, -0.2) is 9.78 Å². The lowest BCUT2D eigenvalue weighted by molar-refractivity contribution is 0.249. The number of benzene rings is 2. The number of carbonyl (C=O) groups is 1. The lowest BCUT2D eigenvalue weighted by Gasteiger charge is -2.08. The highest BCUT2D eigenvalue weighted by molar-refractivity contribution is 6.30. The van der Waals surface area contributed by atoms with Crippen molar-refractivity contribution in [1.82, 2.24) is 20.4 Å². The van der Waals surface area contributed by atoms with Gasteiger partial charge in [-0.15, -0.1) is 0 Å². The van der Waals surface area contributed by atoms with E-state index in [4.69, 9.17) is 20.9 Å². The van der Waals surface area contributed by atoms with E-state index in [1.165, 1.54) is 6.20 Å². The Morgan fingerprint density at radius 3 is 2.71 bits per heavy atom. The summed E-state index contributed by atoms with van der Waals surface area (Å²) in [5, 5.41) is 9.81. The number of aromatic nitrogens is 3. The standard InChI is InChI=1S/C22H18ClN5O3/c23-17-8-4-7-16(11-17)21-27-20(31-28-21)13-25-22(29)26-18-9-10-19(24-12-18)30-14-15-5-2-1-3-6-15/h1-12H,13-14H2,(H2,25,26,29). The maximum Gasteiger partial charge on any atom is 0.319 e. The van der Waals surface area contributed by atoms with E-state index in [2.05, 4.69) is 25.8 Å². The van der Waals surface area contributed by atoms with Crippen molar-refractivity contribution in [2.75, 3.05) is 5.32 Å². The van der Waals surface area contributed by atoms with Gasteiger partial charge in [-0.1, -0.05) is 59.2 Å². The zero-order valence-corrected chi connectivity index (χ0v) is 17.0. The fraction of sp³-hybridized carbons (Fsp3) is 0.0909. The highest BCUT2D eigenvalue weighted by Gasteiger charge is 2.10. The Labute approximate surface area is 183 Å². The first kappa shape index (κ1) is 20.4. The number of urea groups is 1. The van der Waals surface area contributed by atoms with E-state index in [9.17, 15) is 4.79 Å². The van der Waals surface area contributed by atoms with Gasteiger partial charge in [-0.05, 0) is 23.8 Å². The lowest BCUT2D eigenvalue weighted by atomic mass is 10.2. The molecule has 0 saturated carbocycles. The summed E-state index contributed by atoms with van der Waals surface area (Å²) < 4.78 is 10.8. The molecule has 2 aromatic carbocycles. The van der Waals surface area contributed by atoms with E-state index in [0.29, 0.717) is 29.0 Å². The third-order valence-electron chi connectivity index (χ3n) is 4.17. The molecule has 0 spiro atoms. The van der Waals surface area contributed by atoms with Crippen LogP contribution in [-0.2, 0) is 13.2 Å². The number of hydrogen-bond donors (Lipinski definition) is 2. The third-order valence-corrected chi connectivity index (χ3v) is 4.41. The quantitative estimate of drug-likeness (QED) is 0.436. The van der Waals surface area contributed by atoms with Crippen molar-refractivity contribution < 1.29 is 14.1 Å². The minimum Gasteiger partial charge on any atom is -0.473 e. The second-order valence-electron chi connectivity index (χ2n) is 6.49. The summed E-state index contributed by atoms with van der Waals surface area (Å²) in [6, 6.07) is 19.9. The first-order chi connectivity index (χ1) is 15.2. The van der Waals surface area contributed by atoms with Crippen LogP contribution in [0.4, 0.5) is 10.5 Å². The van der Waals surface area contributed by atoms with Crippen LogP contribution in [0.2, 0.25) is 5.02 Å². The zero-order valence-electron chi connectivity index (χ0n) is 16.3. The normalized spacial score (nSPS) is 10.5. The van der Waals surface area contributed by atoms with E-state index < -0.39 is 6.03 Å². The van der Waals surface area contributed by atoms with Crippen LogP contribution in [0.5, 0.6) is 5.88 Å². The highest BCUT2D eigenvalue weighted by Crippen LogP contribution is 2.20. The number of amides is 2. The van der Waals surface area contributed by atoms with Crippen LogP contribution < -0.4 is 15.4 Å². The van der Waals surface area contributed by atoms with Gasteiger partial charge in [-0.3, -0.25) is 0 Å². The summed E-state index contributed by atoms with van der Waals surface area (Å²) in [6.07, 6.45) is 1.52. The SMILES string of the molecule is O=C(NCc1nc(-c2cccc(Cl)c2)no1)Nc1ccc(OCc2ccccc2)nc1. The Hall–Kier alpha value is -3.91. The number of ether oxygens (including phenoxy) is 1. The van der Waals surface area contributed by atoms with Gasteiger partial charge in [-0.2, -0.15) is 4.98 Å². The van der Waals surface area contributed by atoms with Crippen molar-refractivity contribution in [2.24, 2.45) is 0 Å². The van der Waals surface area contributed by atoms with E-state index >= 15 is 0 Å². The van der Waals surface area contributed by atoms with Gasteiger partial charge in [0.2, 0.25) is 17.6 Å². The molecular formula is C22H18ClN5O3. The van der Waals surface area contributed by atoms with Crippen molar-refractivity contribution in [3.63, 3.8) is 0 Å². The van der Waals surface area contributed by atoms with Crippen molar-refractivity contribution in [3.05, 3.63) is 89.4 Å². The number of rotatable bonds is 7. The summed E-state index contributed by atoms with van der Waals surface area (Å²) >= 11 is 5.97. The molecule has 8 nitrogen and oxygen atoms in total. The predicted molar refractivity (Wildman–Crippen MR) is 116 cm³/mol. The van der Waals surface area contributed by atoms with Crippen molar-refractivity contribution >= 4 is 23.3 Å². The third kappa shape index (κ3) is 5.80. The van der Waals surface area contributed by atoms with E-state index in [0.717, 1.165) is 11.1 Å². The molecule has 2 aromatic heterocycles. The van der Waals surface area contributed by atoms with Gasteiger partial charge in [0.15, 0.2) is 0 Å². The predicted octanol–water partition coefficient (Wildman–Crippen LogP) is 4.69. The zero-order chi connectivity index (χ0) is 21.5. The molecular weight excluding hydrogens is 418 g/mol. The van der Waals surface area contributed by atoms with E-state index in [-0.39, 0.29) is 12.4 Å². The molecule has 0 bridgehead atoms. The summed E-state index contributed by atoms with van der Waals surface area (Å²) in [7, 11) is 0. The second-order valence-corrected chi connectivity index (χ2v) is 6.93. The molecule has 0 aliphatic rings. The summed E-state index contributed by atoms with van der Waals surface area (Å²) in [6.45, 7) is 0.494. The molecule has 0 fully saturated rings. The van der Waals surface area contributed by atoms with Gasteiger partial charge < -0.3 is 19.9 Å². The maximum atomic E-state index is 12.1. The molecule has 2 heterocycles. The molecule has 0 saturated heterocycles. The Balaban J connectivity index is 1.25. The molecule has 0 unspecified atom stereocenters. The average molecular weight is 436 g/mol. The molecule has 4 rings (SSSR count). The van der Waals surface area contributed by atoms with Gasteiger partial charge in [0.1, 0.15) is 6.61 Å². The topological polar surface area (TPSA) is 102 Å². The summed E-state index contributed by atoms with van der Waals surface area (Å²) in [5.41, 5.74) is 2.30. The van der Waals surface area contributed by atoms with Crippen LogP contribution in [-0.4, -0.2) is 21.2 Å². The van der Waals surface area contributed by atoms with Crippen LogP contribution in [0.1, 0.15) is 11.5 Å². The number of nitrogens with zero attached hydrogens (tertiary/aromatic N) is 3. The molecule has 0 aliphatic heterocycles. The molecule has 2 amide bonds. The number of anilines is 1. The minimum absolute atomic E-state index is 0.0745. The minimum atomic E-state index is -0.428. The first-order valence-electron chi connectivity index (χ1n) is 9.42. The highest BCUT2D eigenvalue weighted by atomic mass is 35.5. The maximum absolute atomic E-state index is 12.1. The molecule has 156 valence electrons. The summed E-state index contributed by atoms with van der Waals surface area (Å²) in [5.74, 6) is 1.14. The van der Waals surface area contributed by atoms with Gasteiger partial charge in [0.25, 0.3) is 0 Å². The number of pyridine rings is 1. The smallest absolute Gasteiger partial charge is 0.319 e. The van der Waals surface area contributed by atoms with Gasteiger partial charge in [0, 0.05) is 16.7 Å². The Morgan fingerprint density at radius 1 is 1.06 bits per heavy atom. The molecule has 0 aliphatic carbocycles. The Kier molecular flexibility index (Phi) is 6.39. The van der Waals surface area contributed by atoms with Crippen molar-refractivity contribution in [3.8, 4) is 17.3 Å². The average Bonchev–Trinajstić information content (AvgIpc) is 3.27. The Morgan fingerprint density at radius 2 is 1.94 bits per heavy atom. The molecule has 2 N–H and O–H groups in total. The number of hydrogen-bond acceptors (Lipinski definition) is 6. The van der Waals surface area contributed by atoms with E-state index in [1.54, 1.807) is 30.3 Å². The van der Waals surface area contributed by atoms with Crippen molar-refractivity contribution in [2.45, 2.75) is 13.2 Å². The van der Waals surface area contributed by atoms with Crippen LogP contribution in [0.3, 0.4) is 0 Å². The fourth-order valence-corrected chi connectivity index (χ4v) is 2.86. The van der Waals surface area contributed by atoms with E-state index in [1.807, 2.05) is 36.4 Å². The van der Waals surface area contributed by atoms with Crippen LogP contribution in [0.15, 0.2) is 77.4 Å². The largest absolute Gasteiger partial charge is 0.473 e. The number of carbonyl (C=O) groups excluding carboxylic acids is 1. The van der Waals surface area contributed by atoms with Crippen molar-refractivity contribution in [1.29, 1.82) is 0 Å². The fourth-order valence-electron chi connectivity index (χ4n) is 2.67. The molecule has 31 heavy (non-hydrogen) atoms. The molecule has 0 atom stereocenters. The van der Waals surface area contributed by atoms with Gasteiger partial charge >= 0.3 is 6.03 Å². The lowest BCUT2D eigenvalue weighted by Crippen LogP contribution is -2.28. The van der Waals surface area contributed by atoms with Crippen LogP contribution in [0, 0.1) is 0 Å². The summed E-state index contributed by atoms with van der Waals surface area (Å²) in [4.78, 5) is 20.6. The van der Waals surface area contributed by atoms with Crippen LogP contribution in [0.25, 0.3) is 11.4 Å². The first-order valence-corrected chi connectivity index (χ1v) is 9.80. The molecule has 0 radical (unpaired) electrons.